The minimum atomic E-state index is -0.212. The van der Waals surface area contributed by atoms with E-state index in [0.29, 0.717) is 25.2 Å². The Morgan fingerprint density at radius 2 is 1.84 bits per heavy atom. The van der Waals surface area contributed by atoms with Gasteiger partial charge in [-0.2, -0.15) is 0 Å². The Kier molecular flexibility index (Phi) is 8.62. The van der Waals surface area contributed by atoms with Crippen LogP contribution in [0.1, 0.15) is 39.0 Å². The van der Waals surface area contributed by atoms with E-state index in [4.69, 9.17) is 9.47 Å². The Labute approximate surface area is 118 Å². The molecule has 0 aromatic heterocycles. The fourth-order valence-corrected chi connectivity index (χ4v) is 2.96. The second kappa shape index (κ2) is 9.70. The van der Waals surface area contributed by atoms with Gasteiger partial charge in [0.25, 0.3) is 0 Å². The number of methoxy groups -OCH3 is 2. The van der Waals surface area contributed by atoms with Gasteiger partial charge >= 0.3 is 0 Å². The van der Waals surface area contributed by atoms with Crippen molar-refractivity contribution in [1.82, 2.24) is 4.90 Å². The molecule has 4 heteroatoms. The van der Waals surface area contributed by atoms with Crippen LogP contribution in [0.2, 0.25) is 0 Å². The van der Waals surface area contributed by atoms with Gasteiger partial charge in [-0.05, 0) is 25.7 Å². The van der Waals surface area contributed by atoms with Crippen molar-refractivity contribution in [3.8, 4) is 0 Å². The van der Waals surface area contributed by atoms with Crippen LogP contribution in [0.15, 0.2) is 0 Å². The molecule has 2 atom stereocenters. The highest BCUT2D eigenvalue weighted by Crippen LogP contribution is 2.27. The number of rotatable bonds is 9. The van der Waals surface area contributed by atoms with E-state index < -0.39 is 0 Å². The zero-order valence-electron chi connectivity index (χ0n) is 12.8. The van der Waals surface area contributed by atoms with Crippen LogP contribution in [-0.2, 0) is 9.47 Å². The largest absolute Gasteiger partial charge is 0.392 e. The number of aliphatic hydroxyl groups is 1. The van der Waals surface area contributed by atoms with Crippen LogP contribution in [0.5, 0.6) is 0 Å². The van der Waals surface area contributed by atoms with Gasteiger partial charge in [-0.15, -0.1) is 0 Å². The number of hydrogen-bond acceptors (Lipinski definition) is 4. The van der Waals surface area contributed by atoms with Gasteiger partial charge in [-0.3, -0.25) is 4.90 Å². The van der Waals surface area contributed by atoms with Crippen LogP contribution >= 0.6 is 0 Å². The molecule has 0 bridgehead atoms. The summed E-state index contributed by atoms with van der Waals surface area (Å²) < 4.78 is 10.4. The fourth-order valence-electron chi connectivity index (χ4n) is 2.96. The van der Waals surface area contributed by atoms with Crippen molar-refractivity contribution in [2.24, 2.45) is 5.92 Å². The molecular formula is C15H31NO3. The lowest BCUT2D eigenvalue weighted by Gasteiger charge is -2.34. The normalized spacial score (nSPS) is 20.7. The number of nitrogens with zero attached hydrogens (tertiary/aromatic N) is 1. The van der Waals surface area contributed by atoms with Crippen LogP contribution in [0.3, 0.4) is 0 Å². The molecule has 1 aliphatic carbocycles. The first-order valence-electron chi connectivity index (χ1n) is 7.59. The minimum absolute atomic E-state index is 0.212. The molecule has 0 amide bonds. The molecule has 0 aliphatic heterocycles. The molecule has 4 nitrogen and oxygen atoms in total. The van der Waals surface area contributed by atoms with Gasteiger partial charge in [0.05, 0.1) is 19.3 Å². The quantitative estimate of drug-likeness (QED) is 0.697. The molecule has 1 N–H and O–H groups in total. The van der Waals surface area contributed by atoms with Crippen molar-refractivity contribution in [2.75, 3.05) is 40.5 Å². The topological polar surface area (TPSA) is 41.9 Å². The Hall–Kier alpha value is -0.160. The van der Waals surface area contributed by atoms with E-state index in [0.717, 1.165) is 13.1 Å². The molecule has 0 aromatic carbocycles. The standard InChI is InChI=1S/C15H31NO3/c1-13(12-19-3)16(9-10-18-2)11-15(17)14-7-5-4-6-8-14/h13-15,17H,4-12H2,1-3H3. The predicted molar refractivity (Wildman–Crippen MR) is 77.4 cm³/mol. The highest BCUT2D eigenvalue weighted by molar-refractivity contribution is 4.78. The van der Waals surface area contributed by atoms with Crippen molar-refractivity contribution in [3.63, 3.8) is 0 Å². The molecule has 0 aromatic rings. The lowest BCUT2D eigenvalue weighted by Crippen LogP contribution is -2.45. The molecule has 2 unspecified atom stereocenters. The molecule has 1 rings (SSSR count). The van der Waals surface area contributed by atoms with Crippen molar-refractivity contribution in [3.05, 3.63) is 0 Å². The summed E-state index contributed by atoms with van der Waals surface area (Å²) in [6.45, 7) is 5.13. The van der Waals surface area contributed by atoms with E-state index in [2.05, 4.69) is 11.8 Å². The fraction of sp³-hybridized carbons (Fsp3) is 1.00. The summed E-state index contributed by atoms with van der Waals surface area (Å²) in [5, 5.41) is 10.4. The summed E-state index contributed by atoms with van der Waals surface area (Å²) in [7, 11) is 3.44. The highest BCUT2D eigenvalue weighted by Gasteiger charge is 2.25. The van der Waals surface area contributed by atoms with E-state index in [1.165, 1.54) is 32.1 Å². The van der Waals surface area contributed by atoms with Crippen LogP contribution < -0.4 is 0 Å². The molecule has 0 heterocycles. The van der Waals surface area contributed by atoms with Crippen molar-refractivity contribution in [1.29, 1.82) is 0 Å². The zero-order valence-corrected chi connectivity index (χ0v) is 12.8. The van der Waals surface area contributed by atoms with Gasteiger partial charge < -0.3 is 14.6 Å². The van der Waals surface area contributed by atoms with Gasteiger partial charge in [0.1, 0.15) is 0 Å². The molecule has 0 saturated heterocycles. The minimum Gasteiger partial charge on any atom is -0.392 e. The first kappa shape index (κ1) is 16.9. The maximum absolute atomic E-state index is 10.4. The molecule has 1 fully saturated rings. The average molecular weight is 273 g/mol. The molecule has 1 aliphatic rings. The molecular weight excluding hydrogens is 242 g/mol. The van der Waals surface area contributed by atoms with Crippen LogP contribution in [0, 0.1) is 5.92 Å². The second-order valence-corrected chi connectivity index (χ2v) is 5.76. The van der Waals surface area contributed by atoms with Crippen LogP contribution in [0.25, 0.3) is 0 Å². The van der Waals surface area contributed by atoms with Crippen molar-refractivity contribution >= 4 is 0 Å². The summed E-state index contributed by atoms with van der Waals surface area (Å²) in [6.07, 6.45) is 6.02. The lowest BCUT2D eigenvalue weighted by molar-refractivity contribution is 0.00996. The monoisotopic (exact) mass is 273 g/mol. The zero-order chi connectivity index (χ0) is 14.1. The summed E-state index contributed by atoms with van der Waals surface area (Å²) in [5.74, 6) is 0.480. The summed E-state index contributed by atoms with van der Waals surface area (Å²) in [6, 6.07) is 0.318. The predicted octanol–water partition coefficient (Wildman–Crippen LogP) is 1.91. The Morgan fingerprint density at radius 1 is 1.16 bits per heavy atom. The van der Waals surface area contributed by atoms with Crippen molar-refractivity contribution in [2.45, 2.75) is 51.2 Å². The molecule has 19 heavy (non-hydrogen) atoms. The smallest absolute Gasteiger partial charge is 0.0695 e. The summed E-state index contributed by atoms with van der Waals surface area (Å²) in [4.78, 5) is 2.28. The number of ether oxygens (including phenoxy) is 2. The van der Waals surface area contributed by atoms with Gasteiger partial charge in [0.15, 0.2) is 0 Å². The Morgan fingerprint density at radius 3 is 2.42 bits per heavy atom. The lowest BCUT2D eigenvalue weighted by atomic mass is 9.85. The van der Waals surface area contributed by atoms with Gasteiger partial charge in [0, 0.05) is 33.4 Å². The Bertz CT molecular complexity index is 219. The second-order valence-electron chi connectivity index (χ2n) is 5.76. The number of aliphatic hydroxyl groups excluding tert-OH is 1. The maximum atomic E-state index is 10.4. The van der Waals surface area contributed by atoms with Crippen LogP contribution in [-0.4, -0.2) is 62.7 Å². The van der Waals surface area contributed by atoms with Gasteiger partial charge in [-0.25, -0.2) is 0 Å². The van der Waals surface area contributed by atoms with E-state index in [1.807, 2.05) is 0 Å². The maximum Gasteiger partial charge on any atom is 0.0695 e. The molecule has 1 saturated carbocycles. The SMILES string of the molecule is COCCN(CC(O)C1CCCCC1)C(C)COC. The van der Waals surface area contributed by atoms with Crippen molar-refractivity contribution < 1.29 is 14.6 Å². The molecule has 0 spiro atoms. The summed E-state index contributed by atoms with van der Waals surface area (Å²) >= 11 is 0. The summed E-state index contributed by atoms with van der Waals surface area (Å²) in [5.41, 5.74) is 0. The third kappa shape index (κ3) is 6.21. The third-order valence-corrected chi connectivity index (χ3v) is 4.23. The first-order chi connectivity index (χ1) is 9.19. The molecule has 114 valence electrons. The Balaban J connectivity index is 2.44. The van der Waals surface area contributed by atoms with Crippen LogP contribution in [0.4, 0.5) is 0 Å². The van der Waals surface area contributed by atoms with Gasteiger partial charge in [-0.1, -0.05) is 19.3 Å². The van der Waals surface area contributed by atoms with E-state index in [1.54, 1.807) is 14.2 Å². The van der Waals surface area contributed by atoms with Gasteiger partial charge in [0.2, 0.25) is 0 Å². The average Bonchev–Trinajstić information content (AvgIpc) is 2.44. The third-order valence-electron chi connectivity index (χ3n) is 4.23. The first-order valence-corrected chi connectivity index (χ1v) is 7.59. The number of hydrogen-bond donors (Lipinski definition) is 1. The van der Waals surface area contributed by atoms with E-state index >= 15 is 0 Å². The molecule has 0 radical (unpaired) electrons. The van der Waals surface area contributed by atoms with E-state index in [9.17, 15) is 5.11 Å². The van der Waals surface area contributed by atoms with E-state index in [-0.39, 0.29) is 6.10 Å². The highest BCUT2D eigenvalue weighted by atomic mass is 16.5.